The predicted octanol–water partition coefficient (Wildman–Crippen LogP) is 1.90. The van der Waals surface area contributed by atoms with Gasteiger partial charge in [-0.3, -0.25) is 4.79 Å². The predicted molar refractivity (Wildman–Crippen MR) is 71.1 cm³/mol. The molecule has 1 aromatic rings. The highest BCUT2D eigenvalue weighted by atomic mass is 16.5. The maximum absolute atomic E-state index is 12.0. The molecule has 0 heterocycles. The Bertz CT molecular complexity index is 420. The molecule has 2 unspecified atom stereocenters. The summed E-state index contributed by atoms with van der Waals surface area (Å²) < 4.78 is 5.07. The molecule has 1 fully saturated rings. The smallest absolute Gasteiger partial charge is 0.227 e. The molecule has 1 saturated carbocycles. The van der Waals surface area contributed by atoms with Crippen molar-refractivity contribution in [3.63, 3.8) is 0 Å². The molecule has 0 bridgehead atoms. The van der Waals surface area contributed by atoms with Crippen LogP contribution in [0.2, 0.25) is 0 Å². The van der Waals surface area contributed by atoms with Gasteiger partial charge in [0.1, 0.15) is 0 Å². The zero-order valence-electron chi connectivity index (χ0n) is 10.7. The minimum Gasteiger partial charge on any atom is -0.380 e. The summed E-state index contributed by atoms with van der Waals surface area (Å²) in [7, 11) is 1.66. The lowest BCUT2D eigenvalue weighted by atomic mass is 10.1. The lowest BCUT2D eigenvalue weighted by Gasteiger charge is -2.11. The molecular weight excluding hydrogens is 228 g/mol. The summed E-state index contributed by atoms with van der Waals surface area (Å²) in [4.78, 5) is 12.0. The van der Waals surface area contributed by atoms with Gasteiger partial charge in [0, 0.05) is 24.8 Å². The standard InChI is InChI=1S/C14H20N2O2/c1-18-9-10-3-2-4-13(7-10)16-14(17)11-5-6-12(15)8-11/h2-4,7,11-12H,5-6,8-9,15H2,1H3,(H,16,17). The molecule has 0 radical (unpaired) electrons. The summed E-state index contributed by atoms with van der Waals surface area (Å²) in [6.07, 6.45) is 2.64. The molecule has 2 rings (SSSR count). The normalized spacial score (nSPS) is 23.0. The summed E-state index contributed by atoms with van der Waals surface area (Å²) >= 11 is 0. The fraction of sp³-hybridized carbons (Fsp3) is 0.500. The molecule has 18 heavy (non-hydrogen) atoms. The van der Waals surface area contributed by atoms with Gasteiger partial charge in [0.15, 0.2) is 0 Å². The van der Waals surface area contributed by atoms with E-state index in [4.69, 9.17) is 10.5 Å². The maximum atomic E-state index is 12.0. The topological polar surface area (TPSA) is 64.3 Å². The van der Waals surface area contributed by atoms with Gasteiger partial charge >= 0.3 is 0 Å². The Hall–Kier alpha value is -1.39. The average Bonchev–Trinajstić information content (AvgIpc) is 2.77. The summed E-state index contributed by atoms with van der Waals surface area (Å²) in [5.74, 6) is 0.142. The number of anilines is 1. The molecule has 0 aliphatic heterocycles. The van der Waals surface area contributed by atoms with Crippen LogP contribution in [-0.2, 0) is 16.1 Å². The van der Waals surface area contributed by atoms with Crippen LogP contribution in [0.15, 0.2) is 24.3 Å². The highest BCUT2D eigenvalue weighted by Gasteiger charge is 2.27. The van der Waals surface area contributed by atoms with E-state index in [1.807, 2.05) is 24.3 Å². The molecule has 3 N–H and O–H groups in total. The van der Waals surface area contributed by atoms with E-state index in [0.29, 0.717) is 6.61 Å². The molecular formula is C14H20N2O2. The van der Waals surface area contributed by atoms with Crippen LogP contribution in [0.25, 0.3) is 0 Å². The number of carbonyl (C=O) groups excluding carboxylic acids is 1. The van der Waals surface area contributed by atoms with Gasteiger partial charge in [0.25, 0.3) is 0 Å². The maximum Gasteiger partial charge on any atom is 0.227 e. The van der Waals surface area contributed by atoms with Crippen LogP contribution < -0.4 is 11.1 Å². The summed E-state index contributed by atoms with van der Waals surface area (Å²) in [5.41, 5.74) is 7.71. The Balaban J connectivity index is 1.96. The van der Waals surface area contributed by atoms with E-state index in [1.165, 1.54) is 0 Å². The van der Waals surface area contributed by atoms with Crippen LogP contribution >= 0.6 is 0 Å². The minimum absolute atomic E-state index is 0.0612. The lowest BCUT2D eigenvalue weighted by molar-refractivity contribution is -0.119. The van der Waals surface area contributed by atoms with E-state index in [0.717, 1.165) is 30.5 Å². The molecule has 4 heteroatoms. The number of hydrogen-bond donors (Lipinski definition) is 2. The first-order valence-corrected chi connectivity index (χ1v) is 6.33. The Morgan fingerprint density at radius 1 is 1.50 bits per heavy atom. The number of nitrogens with one attached hydrogen (secondary N) is 1. The largest absolute Gasteiger partial charge is 0.380 e. The highest BCUT2D eigenvalue weighted by molar-refractivity contribution is 5.92. The molecule has 0 aromatic heterocycles. The van der Waals surface area contributed by atoms with Gasteiger partial charge in [0.2, 0.25) is 5.91 Å². The molecule has 98 valence electrons. The number of nitrogens with two attached hydrogens (primary N) is 1. The zero-order valence-corrected chi connectivity index (χ0v) is 10.7. The van der Waals surface area contributed by atoms with Gasteiger partial charge < -0.3 is 15.8 Å². The van der Waals surface area contributed by atoms with Crippen molar-refractivity contribution >= 4 is 11.6 Å². The molecule has 0 saturated heterocycles. The monoisotopic (exact) mass is 248 g/mol. The number of amides is 1. The fourth-order valence-corrected chi connectivity index (χ4v) is 2.40. The molecule has 1 aliphatic rings. The van der Waals surface area contributed by atoms with Crippen LogP contribution in [0.3, 0.4) is 0 Å². The third-order valence-electron chi connectivity index (χ3n) is 3.35. The molecule has 1 aromatic carbocycles. The van der Waals surface area contributed by atoms with Crippen molar-refractivity contribution < 1.29 is 9.53 Å². The highest BCUT2D eigenvalue weighted by Crippen LogP contribution is 2.25. The Kier molecular flexibility index (Phi) is 4.33. The third-order valence-corrected chi connectivity index (χ3v) is 3.35. The Morgan fingerprint density at radius 3 is 3.00 bits per heavy atom. The lowest BCUT2D eigenvalue weighted by Crippen LogP contribution is -2.23. The summed E-state index contributed by atoms with van der Waals surface area (Å²) in [5, 5.41) is 2.95. The van der Waals surface area contributed by atoms with Crippen LogP contribution in [-0.4, -0.2) is 19.1 Å². The van der Waals surface area contributed by atoms with Crippen molar-refractivity contribution in [1.29, 1.82) is 0 Å². The van der Waals surface area contributed by atoms with Crippen LogP contribution in [0.1, 0.15) is 24.8 Å². The second kappa shape index (κ2) is 5.98. The van der Waals surface area contributed by atoms with Crippen molar-refractivity contribution in [2.24, 2.45) is 11.7 Å². The van der Waals surface area contributed by atoms with E-state index in [-0.39, 0.29) is 17.9 Å². The number of ether oxygens (including phenoxy) is 1. The van der Waals surface area contributed by atoms with Crippen molar-refractivity contribution in [3.05, 3.63) is 29.8 Å². The average molecular weight is 248 g/mol. The quantitative estimate of drug-likeness (QED) is 0.855. The first-order chi connectivity index (χ1) is 8.69. The van der Waals surface area contributed by atoms with Crippen LogP contribution in [0.4, 0.5) is 5.69 Å². The van der Waals surface area contributed by atoms with Crippen molar-refractivity contribution in [2.75, 3.05) is 12.4 Å². The zero-order chi connectivity index (χ0) is 13.0. The van der Waals surface area contributed by atoms with E-state index in [2.05, 4.69) is 5.32 Å². The van der Waals surface area contributed by atoms with Gasteiger partial charge in [0.05, 0.1) is 6.61 Å². The van der Waals surface area contributed by atoms with Crippen molar-refractivity contribution in [3.8, 4) is 0 Å². The molecule has 1 amide bonds. The SMILES string of the molecule is COCc1cccc(NC(=O)C2CCC(N)C2)c1. The van der Waals surface area contributed by atoms with Crippen LogP contribution in [0, 0.1) is 5.92 Å². The van der Waals surface area contributed by atoms with E-state index in [1.54, 1.807) is 7.11 Å². The van der Waals surface area contributed by atoms with Crippen molar-refractivity contribution in [1.82, 2.24) is 0 Å². The number of methoxy groups -OCH3 is 1. The van der Waals surface area contributed by atoms with Gasteiger partial charge in [-0.25, -0.2) is 0 Å². The number of rotatable bonds is 4. The Morgan fingerprint density at radius 2 is 2.33 bits per heavy atom. The molecule has 0 spiro atoms. The van der Waals surface area contributed by atoms with Gasteiger partial charge in [-0.15, -0.1) is 0 Å². The molecule has 4 nitrogen and oxygen atoms in total. The fourth-order valence-electron chi connectivity index (χ4n) is 2.40. The number of benzene rings is 1. The molecule has 1 aliphatic carbocycles. The number of hydrogen-bond acceptors (Lipinski definition) is 3. The second-order valence-corrected chi connectivity index (χ2v) is 4.89. The van der Waals surface area contributed by atoms with E-state index >= 15 is 0 Å². The first kappa shape index (κ1) is 13.1. The van der Waals surface area contributed by atoms with Gasteiger partial charge in [-0.1, -0.05) is 12.1 Å². The molecule has 2 atom stereocenters. The van der Waals surface area contributed by atoms with Gasteiger partial charge in [-0.2, -0.15) is 0 Å². The van der Waals surface area contributed by atoms with E-state index < -0.39 is 0 Å². The second-order valence-electron chi connectivity index (χ2n) is 4.89. The van der Waals surface area contributed by atoms with Crippen LogP contribution in [0.5, 0.6) is 0 Å². The first-order valence-electron chi connectivity index (χ1n) is 6.33. The minimum atomic E-state index is 0.0612. The Labute approximate surface area is 108 Å². The van der Waals surface area contributed by atoms with Crippen molar-refractivity contribution in [2.45, 2.75) is 31.9 Å². The van der Waals surface area contributed by atoms with Gasteiger partial charge in [-0.05, 0) is 37.0 Å². The summed E-state index contributed by atoms with van der Waals surface area (Å²) in [6, 6.07) is 7.91. The third kappa shape index (κ3) is 3.31. The van der Waals surface area contributed by atoms with E-state index in [9.17, 15) is 4.79 Å². The summed E-state index contributed by atoms with van der Waals surface area (Å²) in [6.45, 7) is 0.554. The number of carbonyl (C=O) groups is 1.